The summed E-state index contributed by atoms with van der Waals surface area (Å²) in [6, 6.07) is 13.2. The van der Waals surface area contributed by atoms with Crippen LogP contribution in [0.15, 0.2) is 52.9 Å². The van der Waals surface area contributed by atoms with Crippen molar-refractivity contribution in [2.45, 2.75) is 6.04 Å². The highest BCUT2D eigenvalue weighted by Gasteiger charge is 2.20. The van der Waals surface area contributed by atoms with Gasteiger partial charge in [-0.05, 0) is 23.8 Å². The SMILES string of the molecule is NC(C(=O)O)c1ccccc1-c1nc2ccccc2o1. The van der Waals surface area contributed by atoms with Crippen molar-refractivity contribution in [2.75, 3.05) is 0 Å². The summed E-state index contributed by atoms with van der Waals surface area (Å²) in [5.74, 6) is -0.716. The molecule has 0 bridgehead atoms. The molecular formula is C15H12N2O3. The van der Waals surface area contributed by atoms with Crippen LogP contribution in [0.3, 0.4) is 0 Å². The van der Waals surface area contributed by atoms with Crippen LogP contribution in [0.1, 0.15) is 11.6 Å². The lowest BCUT2D eigenvalue weighted by atomic mass is 10.0. The Morgan fingerprint density at radius 1 is 1.15 bits per heavy atom. The van der Waals surface area contributed by atoms with Gasteiger partial charge in [0.15, 0.2) is 5.58 Å². The van der Waals surface area contributed by atoms with Crippen molar-refractivity contribution >= 4 is 17.1 Å². The highest BCUT2D eigenvalue weighted by atomic mass is 16.4. The van der Waals surface area contributed by atoms with Crippen LogP contribution >= 0.6 is 0 Å². The zero-order valence-electron chi connectivity index (χ0n) is 10.5. The van der Waals surface area contributed by atoms with Gasteiger partial charge in [0.2, 0.25) is 5.89 Å². The minimum Gasteiger partial charge on any atom is -0.480 e. The third kappa shape index (κ3) is 2.04. The summed E-state index contributed by atoms with van der Waals surface area (Å²) < 4.78 is 5.67. The molecule has 0 amide bonds. The topological polar surface area (TPSA) is 89.4 Å². The standard InChI is InChI=1S/C15H12N2O3/c16-13(15(18)19)9-5-1-2-6-10(9)14-17-11-7-3-4-8-12(11)20-14/h1-8,13H,16H2,(H,18,19). The zero-order chi connectivity index (χ0) is 14.1. The molecule has 1 atom stereocenters. The predicted molar refractivity (Wildman–Crippen MR) is 74.0 cm³/mol. The average Bonchev–Trinajstić information content (AvgIpc) is 2.90. The molecule has 1 heterocycles. The molecule has 1 aromatic heterocycles. The number of nitrogens with two attached hydrogens (primary N) is 1. The Labute approximate surface area is 114 Å². The van der Waals surface area contributed by atoms with E-state index in [2.05, 4.69) is 4.98 Å². The first-order chi connectivity index (χ1) is 9.66. The maximum atomic E-state index is 11.1. The van der Waals surface area contributed by atoms with Gasteiger partial charge in [0.1, 0.15) is 11.6 Å². The Morgan fingerprint density at radius 3 is 2.60 bits per heavy atom. The van der Waals surface area contributed by atoms with Crippen molar-refractivity contribution < 1.29 is 14.3 Å². The van der Waals surface area contributed by atoms with Gasteiger partial charge in [-0.15, -0.1) is 0 Å². The molecule has 0 saturated heterocycles. The highest BCUT2D eigenvalue weighted by Crippen LogP contribution is 2.29. The average molecular weight is 268 g/mol. The monoisotopic (exact) mass is 268 g/mol. The van der Waals surface area contributed by atoms with Crippen molar-refractivity contribution in [1.82, 2.24) is 4.98 Å². The Balaban J connectivity index is 2.16. The first-order valence-electron chi connectivity index (χ1n) is 6.10. The Bertz CT molecular complexity index is 746. The lowest BCUT2D eigenvalue weighted by Gasteiger charge is -2.10. The minimum absolute atomic E-state index is 0.374. The van der Waals surface area contributed by atoms with Gasteiger partial charge >= 0.3 is 5.97 Å². The third-order valence-corrected chi connectivity index (χ3v) is 3.09. The number of rotatable bonds is 3. The summed E-state index contributed by atoms with van der Waals surface area (Å²) in [7, 11) is 0. The van der Waals surface area contributed by atoms with E-state index in [1.165, 1.54) is 0 Å². The maximum Gasteiger partial charge on any atom is 0.325 e. The first-order valence-corrected chi connectivity index (χ1v) is 6.10. The van der Waals surface area contributed by atoms with Crippen molar-refractivity contribution in [3.8, 4) is 11.5 Å². The van der Waals surface area contributed by atoms with E-state index in [4.69, 9.17) is 15.3 Å². The molecule has 0 fully saturated rings. The smallest absolute Gasteiger partial charge is 0.325 e. The van der Waals surface area contributed by atoms with Gasteiger partial charge in [0, 0.05) is 5.56 Å². The van der Waals surface area contributed by atoms with Crippen LogP contribution in [0, 0.1) is 0 Å². The second kappa shape index (κ2) is 4.79. The molecule has 0 aliphatic carbocycles. The minimum atomic E-state index is -1.11. The molecule has 5 heteroatoms. The van der Waals surface area contributed by atoms with Gasteiger partial charge < -0.3 is 15.3 Å². The Hall–Kier alpha value is -2.66. The van der Waals surface area contributed by atoms with E-state index in [0.29, 0.717) is 22.6 Å². The van der Waals surface area contributed by atoms with E-state index in [-0.39, 0.29) is 0 Å². The van der Waals surface area contributed by atoms with Crippen molar-refractivity contribution in [3.63, 3.8) is 0 Å². The van der Waals surface area contributed by atoms with Gasteiger partial charge in [0.25, 0.3) is 0 Å². The second-order valence-electron chi connectivity index (χ2n) is 4.39. The van der Waals surface area contributed by atoms with E-state index >= 15 is 0 Å². The molecule has 0 aliphatic heterocycles. The zero-order valence-corrected chi connectivity index (χ0v) is 10.5. The number of para-hydroxylation sites is 2. The number of nitrogens with zero attached hydrogens (tertiary/aromatic N) is 1. The molecule has 0 saturated carbocycles. The van der Waals surface area contributed by atoms with Gasteiger partial charge in [-0.25, -0.2) is 4.98 Å². The van der Waals surface area contributed by atoms with E-state index < -0.39 is 12.0 Å². The molecule has 3 aromatic rings. The van der Waals surface area contributed by atoms with Crippen molar-refractivity contribution in [3.05, 3.63) is 54.1 Å². The van der Waals surface area contributed by atoms with E-state index in [1.54, 1.807) is 24.3 Å². The van der Waals surface area contributed by atoms with Crippen LogP contribution in [-0.2, 0) is 4.79 Å². The van der Waals surface area contributed by atoms with Crippen molar-refractivity contribution in [2.24, 2.45) is 5.73 Å². The molecule has 3 rings (SSSR count). The normalized spacial score (nSPS) is 12.4. The predicted octanol–water partition coefficient (Wildman–Crippen LogP) is 2.58. The Morgan fingerprint density at radius 2 is 1.85 bits per heavy atom. The Kier molecular flexibility index (Phi) is 2.96. The molecule has 2 aromatic carbocycles. The molecule has 100 valence electrons. The van der Waals surface area contributed by atoms with Crippen LogP contribution in [-0.4, -0.2) is 16.1 Å². The number of aliphatic carboxylic acids is 1. The molecule has 3 N–H and O–H groups in total. The fourth-order valence-electron chi connectivity index (χ4n) is 2.08. The van der Waals surface area contributed by atoms with Crippen LogP contribution in [0.4, 0.5) is 0 Å². The highest BCUT2D eigenvalue weighted by molar-refractivity contribution is 5.81. The summed E-state index contributed by atoms with van der Waals surface area (Å²) in [6.07, 6.45) is 0. The molecular weight excluding hydrogens is 256 g/mol. The number of fused-ring (bicyclic) bond motifs is 1. The van der Waals surface area contributed by atoms with Gasteiger partial charge in [-0.3, -0.25) is 4.79 Å². The largest absolute Gasteiger partial charge is 0.480 e. The third-order valence-electron chi connectivity index (χ3n) is 3.09. The molecule has 5 nitrogen and oxygen atoms in total. The van der Waals surface area contributed by atoms with Gasteiger partial charge in [0.05, 0.1) is 0 Å². The summed E-state index contributed by atoms with van der Waals surface area (Å²) in [5, 5.41) is 9.07. The lowest BCUT2D eigenvalue weighted by molar-refractivity contribution is -0.138. The van der Waals surface area contributed by atoms with Crippen LogP contribution in [0.5, 0.6) is 0 Å². The number of oxazole rings is 1. The quantitative estimate of drug-likeness (QED) is 0.762. The number of carboxylic acids is 1. The number of carbonyl (C=O) groups is 1. The number of carboxylic acid groups (broad SMARTS) is 1. The number of hydrogen-bond donors (Lipinski definition) is 2. The summed E-state index contributed by atoms with van der Waals surface area (Å²) in [4.78, 5) is 15.4. The first kappa shape index (κ1) is 12.4. The number of hydrogen-bond acceptors (Lipinski definition) is 4. The molecule has 0 aliphatic rings. The summed E-state index contributed by atoms with van der Waals surface area (Å²) in [6.45, 7) is 0. The number of aromatic nitrogens is 1. The number of benzene rings is 2. The van der Waals surface area contributed by atoms with E-state index in [9.17, 15) is 4.79 Å². The molecule has 1 unspecified atom stereocenters. The van der Waals surface area contributed by atoms with E-state index in [1.807, 2.05) is 24.3 Å². The molecule has 20 heavy (non-hydrogen) atoms. The second-order valence-corrected chi connectivity index (χ2v) is 4.39. The summed E-state index contributed by atoms with van der Waals surface area (Å²) >= 11 is 0. The van der Waals surface area contributed by atoms with Crippen LogP contribution in [0.2, 0.25) is 0 Å². The maximum absolute atomic E-state index is 11.1. The lowest BCUT2D eigenvalue weighted by Crippen LogP contribution is -2.21. The summed E-state index contributed by atoms with van der Waals surface area (Å²) in [5.41, 5.74) is 8.15. The van der Waals surface area contributed by atoms with Crippen LogP contribution < -0.4 is 5.73 Å². The fraction of sp³-hybridized carbons (Fsp3) is 0.0667. The molecule has 0 radical (unpaired) electrons. The van der Waals surface area contributed by atoms with Crippen LogP contribution in [0.25, 0.3) is 22.6 Å². The van der Waals surface area contributed by atoms with E-state index in [0.717, 1.165) is 5.52 Å². The fourth-order valence-corrected chi connectivity index (χ4v) is 2.08. The van der Waals surface area contributed by atoms with Gasteiger partial charge in [-0.2, -0.15) is 0 Å². The van der Waals surface area contributed by atoms with Crippen molar-refractivity contribution in [1.29, 1.82) is 0 Å². The molecule has 0 spiro atoms. The van der Waals surface area contributed by atoms with Gasteiger partial charge in [-0.1, -0.05) is 30.3 Å².